The van der Waals surface area contributed by atoms with Gasteiger partial charge in [0.1, 0.15) is 5.82 Å². The van der Waals surface area contributed by atoms with E-state index in [1.807, 2.05) is 44.1 Å². The molecule has 0 saturated carbocycles. The monoisotopic (exact) mass is 545 g/mol. The number of benzene rings is 3. The molecule has 0 saturated heterocycles. The third-order valence-corrected chi connectivity index (χ3v) is 7.60. The lowest BCUT2D eigenvalue weighted by Gasteiger charge is -2.11. The summed E-state index contributed by atoms with van der Waals surface area (Å²) in [5, 5.41) is 3.28. The van der Waals surface area contributed by atoms with Crippen molar-refractivity contribution in [3.05, 3.63) is 70.2 Å². The molecule has 0 radical (unpaired) electrons. The van der Waals surface area contributed by atoms with E-state index in [2.05, 4.69) is 20.0 Å². The average molecular weight is 546 g/mol. The minimum Gasteiger partial charge on any atom is -0.378 e. The van der Waals surface area contributed by atoms with Gasteiger partial charge < -0.3 is 15.2 Å². The zero-order valence-corrected chi connectivity index (χ0v) is 22.2. The van der Waals surface area contributed by atoms with Gasteiger partial charge in [-0.2, -0.15) is 0 Å². The Hall–Kier alpha value is -3.11. The highest BCUT2D eigenvalue weighted by atomic mass is 35.5. The molecular weight excluding hydrogens is 521 g/mol. The first-order valence-electron chi connectivity index (χ1n) is 11.2. The van der Waals surface area contributed by atoms with E-state index in [1.165, 1.54) is 18.2 Å². The van der Waals surface area contributed by atoms with Crippen molar-refractivity contribution < 1.29 is 13.2 Å². The molecule has 4 rings (SSSR count). The molecule has 0 atom stereocenters. The van der Waals surface area contributed by atoms with E-state index >= 15 is 0 Å². The van der Waals surface area contributed by atoms with Crippen LogP contribution in [0.4, 0.5) is 11.4 Å². The molecule has 0 spiro atoms. The van der Waals surface area contributed by atoms with Gasteiger partial charge in [-0.1, -0.05) is 30.1 Å². The Morgan fingerprint density at radius 2 is 1.81 bits per heavy atom. The lowest BCUT2D eigenvalue weighted by atomic mass is 10.1. The van der Waals surface area contributed by atoms with Crippen LogP contribution in [0.2, 0.25) is 10.0 Å². The molecule has 3 N–H and O–H groups in total. The average Bonchev–Trinajstić information content (AvgIpc) is 3.27. The molecule has 4 aromatic rings. The van der Waals surface area contributed by atoms with Gasteiger partial charge in [0.2, 0.25) is 10.0 Å². The molecule has 3 aromatic carbocycles. The molecule has 0 unspecified atom stereocenters. The number of fused-ring (bicyclic) bond motifs is 1. The van der Waals surface area contributed by atoms with Gasteiger partial charge in [0, 0.05) is 37.6 Å². The summed E-state index contributed by atoms with van der Waals surface area (Å²) in [4.78, 5) is 22.8. The van der Waals surface area contributed by atoms with Crippen LogP contribution in [0, 0.1) is 0 Å². The molecule has 0 bridgehead atoms. The minimum atomic E-state index is -3.70. The van der Waals surface area contributed by atoms with E-state index in [9.17, 15) is 13.2 Å². The van der Waals surface area contributed by atoms with Gasteiger partial charge in [-0.3, -0.25) is 4.79 Å². The number of aromatic nitrogens is 2. The zero-order chi connectivity index (χ0) is 26.0. The standard InChI is InChI=1S/C25H25Cl2N5O3S/c1-4-11-28-36(34,35)17-7-8-18(21(27)14-17)25(33)29-15-5-9-20(26)19(12-15)24-30-22-10-6-16(32(2)3)13-23(22)31-24/h5-10,12-14,28H,4,11H2,1-3H3,(H,29,33)(H,30,31). The summed E-state index contributed by atoms with van der Waals surface area (Å²) in [5.74, 6) is 0.0770. The number of amides is 1. The second-order valence-corrected chi connectivity index (χ2v) is 11.0. The summed E-state index contributed by atoms with van der Waals surface area (Å²) >= 11 is 12.7. The van der Waals surface area contributed by atoms with E-state index < -0.39 is 15.9 Å². The molecule has 1 heterocycles. The molecule has 0 aliphatic heterocycles. The number of carbonyl (C=O) groups excluding carboxylic acids is 1. The topological polar surface area (TPSA) is 107 Å². The van der Waals surface area contributed by atoms with Gasteiger partial charge in [-0.15, -0.1) is 0 Å². The maximum absolute atomic E-state index is 12.9. The lowest BCUT2D eigenvalue weighted by molar-refractivity contribution is 0.102. The van der Waals surface area contributed by atoms with Crippen LogP contribution in [0.5, 0.6) is 0 Å². The fourth-order valence-electron chi connectivity index (χ4n) is 3.55. The van der Waals surface area contributed by atoms with E-state index in [1.54, 1.807) is 18.2 Å². The molecule has 1 aromatic heterocycles. The Balaban J connectivity index is 1.59. The molecule has 188 valence electrons. The number of sulfonamides is 1. The highest BCUT2D eigenvalue weighted by molar-refractivity contribution is 7.89. The van der Waals surface area contributed by atoms with E-state index in [4.69, 9.17) is 23.2 Å². The number of anilines is 2. The van der Waals surface area contributed by atoms with Gasteiger partial charge in [-0.25, -0.2) is 18.1 Å². The number of aromatic amines is 1. The van der Waals surface area contributed by atoms with Crippen molar-refractivity contribution in [3.63, 3.8) is 0 Å². The molecule has 36 heavy (non-hydrogen) atoms. The lowest BCUT2D eigenvalue weighted by Crippen LogP contribution is -2.24. The second-order valence-electron chi connectivity index (χ2n) is 8.37. The van der Waals surface area contributed by atoms with Crippen LogP contribution in [-0.2, 0) is 10.0 Å². The van der Waals surface area contributed by atoms with Gasteiger partial charge in [0.15, 0.2) is 0 Å². The van der Waals surface area contributed by atoms with Crippen molar-refractivity contribution in [2.24, 2.45) is 0 Å². The summed E-state index contributed by atoms with van der Waals surface area (Å²) in [5.41, 5.74) is 3.91. The molecular formula is C25H25Cl2N5O3S. The summed E-state index contributed by atoms with van der Waals surface area (Å²) in [7, 11) is 0.224. The Bertz CT molecular complexity index is 1550. The van der Waals surface area contributed by atoms with Crippen LogP contribution in [0.3, 0.4) is 0 Å². The third-order valence-electron chi connectivity index (χ3n) is 5.50. The molecule has 0 aliphatic rings. The van der Waals surface area contributed by atoms with Gasteiger partial charge >= 0.3 is 0 Å². The molecule has 0 fully saturated rings. The van der Waals surface area contributed by atoms with E-state index in [0.717, 1.165) is 16.7 Å². The Morgan fingerprint density at radius 1 is 1.03 bits per heavy atom. The van der Waals surface area contributed by atoms with E-state index in [0.29, 0.717) is 35.1 Å². The number of H-pyrrole nitrogens is 1. The summed E-state index contributed by atoms with van der Waals surface area (Å²) < 4.78 is 27.2. The normalized spacial score (nSPS) is 11.6. The fourth-order valence-corrected chi connectivity index (χ4v) is 5.25. The Labute approximate surface area is 219 Å². The SMILES string of the molecule is CCCNS(=O)(=O)c1ccc(C(=O)Nc2ccc(Cl)c(-c3nc4ccc(N(C)C)cc4[nH]3)c2)c(Cl)c1. The van der Waals surface area contributed by atoms with Crippen LogP contribution in [0.25, 0.3) is 22.4 Å². The van der Waals surface area contributed by atoms with Crippen LogP contribution in [0.1, 0.15) is 23.7 Å². The Kier molecular flexibility index (Phi) is 7.56. The van der Waals surface area contributed by atoms with Crippen LogP contribution >= 0.6 is 23.2 Å². The van der Waals surface area contributed by atoms with Crippen LogP contribution in [-0.4, -0.2) is 44.9 Å². The van der Waals surface area contributed by atoms with Crippen LogP contribution in [0.15, 0.2) is 59.5 Å². The first-order chi connectivity index (χ1) is 17.1. The highest BCUT2D eigenvalue weighted by Crippen LogP contribution is 2.31. The number of hydrogen-bond donors (Lipinski definition) is 3. The van der Waals surface area contributed by atoms with Gasteiger partial charge in [0.05, 0.1) is 31.5 Å². The number of rotatable bonds is 8. The molecule has 1 amide bonds. The predicted molar refractivity (Wildman–Crippen MR) is 146 cm³/mol. The molecule has 0 aliphatic carbocycles. The summed E-state index contributed by atoms with van der Waals surface area (Å²) in [6.45, 7) is 2.17. The number of nitrogens with one attached hydrogen (secondary N) is 3. The fraction of sp³-hybridized carbons (Fsp3) is 0.200. The maximum Gasteiger partial charge on any atom is 0.257 e. The highest BCUT2D eigenvalue weighted by Gasteiger charge is 2.18. The second kappa shape index (κ2) is 10.5. The van der Waals surface area contributed by atoms with E-state index in [-0.39, 0.29) is 15.5 Å². The predicted octanol–water partition coefficient (Wildman–Crippen LogP) is 5.54. The van der Waals surface area contributed by atoms with Crippen molar-refractivity contribution >= 4 is 61.5 Å². The molecule has 11 heteroatoms. The number of hydrogen-bond acceptors (Lipinski definition) is 5. The third kappa shape index (κ3) is 5.49. The first-order valence-corrected chi connectivity index (χ1v) is 13.4. The quantitative estimate of drug-likeness (QED) is 0.269. The maximum atomic E-state index is 12.9. The first kappa shape index (κ1) is 26.0. The van der Waals surface area contributed by atoms with Gasteiger partial charge in [0.25, 0.3) is 5.91 Å². The smallest absolute Gasteiger partial charge is 0.257 e. The van der Waals surface area contributed by atoms with Gasteiger partial charge in [-0.05, 0) is 61.0 Å². The van der Waals surface area contributed by atoms with Crippen molar-refractivity contribution in [2.75, 3.05) is 30.9 Å². The number of halogens is 2. The molecule has 8 nitrogen and oxygen atoms in total. The van der Waals surface area contributed by atoms with Crippen molar-refractivity contribution in [1.82, 2.24) is 14.7 Å². The Morgan fingerprint density at radius 3 is 2.50 bits per heavy atom. The largest absolute Gasteiger partial charge is 0.378 e. The van der Waals surface area contributed by atoms with Crippen LogP contribution < -0.4 is 14.9 Å². The summed E-state index contributed by atoms with van der Waals surface area (Å²) in [6, 6.07) is 14.9. The zero-order valence-electron chi connectivity index (χ0n) is 19.9. The number of carbonyl (C=O) groups is 1. The minimum absolute atomic E-state index is 0.00594. The van der Waals surface area contributed by atoms with Crippen molar-refractivity contribution in [2.45, 2.75) is 18.2 Å². The number of imidazole rings is 1. The van der Waals surface area contributed by atoms with Crippen molar-refractivity contribution in [1.29, 1.82) is 0 Å². The van der Waals surface area contributed by atoms with Crippen molar-refractivity contribution in [3.8, 4) is 11.4 Å². The number of nitrogens with zero attached hydrogens (tertiary/aromatic N) is 2. The summed E-state index contributed by atoms with van der Waals surface area (Å²) in [6.07, 6.45) is 0.654.